The highest BCUT2D eigenvalue weighted by Crippen LogP contribution is 2.27. The lowest BCUT2D eigenvalue weighted by atomic mass is 10.1. The zero-order valence-electron chi connectivity index (χ0n) is 13.1. The molecule has 0 saturated heterocycles. The summed E-state index contributed by atoms with van der Waals surface area (Å²) in [5.74, 6) is 0.818. The van der Waals surface area contributed by atoms with Gasteiger partial charge in [-0.1, -0.05) is 42.0 Å². The second kappa shape index (κ2) is 6.75. The van der Waals surface area contributed by atoms with Crippen molar-refractivity contribution in [2.45, 2.75) is 11.9 Å². The third kappa shape index (κ3) is 3.48. The number of hydrogen-bond donors (Lipinski definition) is 1. The first-order valence-corrected chi connectivity index (χ1v) is 7.78. The van der Waals surface area contributed by atoms with E-state index in [1.807, 2.05) is 59.4 Å². The van der Waals surface area contributed by atoms with Crippen molar-refractivity contribution in [2.24, 2.45) is 5.10 Å². The average Bonchev–Trinajstić information content (AvgIpc) is 2.95. The van der Waals surface area contributed by atoms with Crippen molar-refractivity contribution in [3.8, 4) is 17.0 Å². The molecule has 1 aromatic heterocycles. The molecule has 0 aliphatic carbocycles. The van der Waals surface area contributed by atoms with Gasteiger partial charge >= 0.3 is 0 Å². The van der Waals surface area contributed by atoms with Crippen molar-refractivity contribution in [3.63, 3.8) is 0 Å². The Hall–Kier alpha value is -2.46. The van der Waals surface area contributed by atoms with E-state index < -0.39 is 0 Å². The lowest BCUT2D eigenvalue weighted by molar-refractivity contribution is 0.415. The topological polar surface area (TPSA) is 26.5 Å². The fraction of sp³-hybridized carbons (Fsp3) is 0.105. The highest BCUT2D eigenvalue weighted by atomic mass is 32.1. The van der Waals surface area contributed by atoms with Crippen LogP contribution in [0.4, 0.5) is 0 Å². The summed E-state index contributed by atoms with van der Waals surface area (Å²) in [5.41, 5.74) is 4.28. The molecule has 1 heterocycles. The third-order valence-electron chi connectivity index (χ3n) is 3.60. The zero-order chi connectivity index (χ0) is 16.2. The minimum atomic E-state index is 0.784. The fourth-order valence-electron chi connectivity index (χ4n) is 2.32. The molecule has 0 radical (unpaired) electrons. The molecule has 0 saturated carbocycles. The molecule has 116 valence electrons. The van der Waals surface area contributed by atoms with Gasteiger partial charge in [0.15, 0.2) is 0 Å². The van der Waals surface area contributed by atoms with Gasteiger partial charge in [0, 0.05) is 5.56 Å². The predicted octanol–water partition coefficient (Wildman–Crippen LogP) is 4.64. The number of benzene rings is 2. The largest absolute Gasteiger partial charge is 0.497 e. The molecule has 3 rings (SSSR count). The van der Waals surface area contributed by atoms with E-state index in [2.05, 4.69) is 36.8 Å². The first-order valence-electron chi connectivity index (χ1n) is 7.33. The Morgan fingerprint density at radius 2 is 1.83 bits per heavy atom. The number of ether oxygens (including phenoxy) is 1. The number of rotatable bonds is 4. The maximum absolute atomic E-state index is 5.30. The van der Waals surface area contributed by atoms with Crippen LogP contribution in [0.3, 0.4) is 0 Å². The minimum absolute atomic E-state index is 0.784. The highest BCUT2D eigenvalue weighted by molar-refractivity contribution is 7.80. The van der Waals surface area contributed by atoms with Crippen molar-refractivity contribution in [3.05, 3.63) is 71.8 Å². The summed E-state index contributed by atoms with van der Waals surface area (Å²) >= 11 is 4.50. The van der Waals surface area contributed by atoms with E-state index in [-0.39, 0.29) is 0 Å². The van der Waals surface area contributed by atoms with Gasteiger partial charge < -0.3 is 4.74 Å². The van der Waals surface area contributed by atoms with Gasteiger partial charge in [-0.25, -0.2) is 4.68 Å². The maximum Gasteiger partial charge on any atom is 0.119 e. The average molecular weight is 322 g/mol. The van der Waals surface area contributed by atoms with Crippen LogP contribution < -0.4 is 4.74 Å². The molecule has 4 heteroatoms. The quantitative estimate of drug-likeness (QED) is 0.549. The molecule has 3 aromatic rings. The number of aryl methyl sites for hydroxylation is 1. The number of hydrogen-bond acceptors (Lipinski definition) is 3. The van der Waals surface area contributed by atoms with Gasteiger partial charge in [-0.15, -0.1) is 12.6 Å². The molecule has 0 aliphatic rings. The summed E-state index contributed by atoms with van der Waals surface area (Å²) < 4.78 is 7.11. The minimum Gasteiger partial charge on any atom is -0.497 e. The lowest BCUT2D eigenvalue weighted by Gasteiger charge is -2.07. The molecular formula is C19H18N2OS. The highest BCUT2D eigenvalue weighted by Gasteiger charge is 2.08. The SMILES string of the molecule is COc1cccc(-c2ccc(S)n2/N=C/c2ccc(C)cc2)c1. The molecule has 2 aromatic carbocycles. The van der Waals surface area contributed by atoms with Crippen molar-refractivity contribution in [1.82, 2.24) is 4.68 Å². The van der Waals surface area contributed by atoms with Gasteiger partial charge in [0.1, 0.15) is 5.75 Å². The van der Waals surface area contributed by atoms with Crippen LogP contribution in [0.2, 0.25) is 0 Å². The van der Waals surface area contributed by atoms with Crippen LogP contribution in [0.5, 0.6) is 5.75 Å². The Balaban J connectivity index is 1.96. The second-order valence-electron chi connectivity index (χ2n) is 5.28. The molecule has 0 atom stereocenters. The molecule has 0 spiro atoms. The zero-order valence-corrected chi connectivity index (χ0v) is 14.0. The number of thiol groups is 1. The number of aromatic nitrogens is 1. The molecule has 0 N–H and O–H groups in total. The summed E-state index contributed by atoms with van der Waals surface area (Å²) in [6.07, 6.45) is 1.84. The Bertz CT molecular complexity index is 835. The van der Waals surface area contributed by atoms with Gasteiger partial charge in [0.2, 0.25) is 0 Å². The summed E-state index contributed by atoms with van der Waals surface area (Å²) in [5, 5.41) is 5.36. The number of methoxy groups -OCH3 is 1. The van der Waals surface area contributed by atoms with Crippen molar-refractivity contribution >= 4 is 18.8 Å². The smallest absolute Gasteiger partial charge is 0.119 e. The summed E-state index contributed by atoms with van der Waals surface area (Å²) in [6, 6.07) is 20.1. The molecule has 0 amide bonds. The Labute approximate surface area is 141 Å². The maximum atomic E-state index is 5.30. The molecule has 0 bridgehead atoms. The summed E-state index contributed by atoms with van der Waals surface area (Å²) in [6.45, 7) is 2.07. The summed E-state index contributed by atoms with van der Waals surface area (Å²) in [4.78, 5) is 0. The van der Waals surface area contributed by atoms with Crippen LogP contribution in [0.15, 0.2) is 70.8 Å². The van der Waals surface area contributed by atoms with Crippen LogP contribution >= 0.6 is 12.6 Å². The molecular weight excluding hydrogens is 304 g/mol. The fourth-order valence-corrected chi connectivity index (χ4v) is 2.55. The van der Waals surface area contributed by atoms with Crippen LogP contribution in [0, 0.1) is 6.92 Å². The van der Waals surface area contributed by atoms with E-state index in [4.69, 9.17) is 4.74 Å². The Morgan fingerprint density at radius 1 is 1.04 bits per heavy atom. The lowest BCUT2D eigenvalue weighted by Crippen LogP contribution is -1.95. The van der Waals surface area contributed by atoms with E-state index >= 15 is 0 Å². The van der Waals surface area contributed by atoms with Crippen molar-refractivity contribution in [1.29, 1.82) is 0 Å². The van der Waals surface area contributed by atoms with Crippen LogP contribution in [0.25, 0.3) is 11.3 Å². The van der Waals surface area contributed by atoms with Gasteiger partial charge in [-0.2, -0.15) is 5.10 Å². The molecule has 0 fully saturated rings. The van der Waals surface area contributed by atoms with E-state index in [9.17, 15) is 0 Å². The van der Waals surface area contributed by atoms with Gasteiger partial charge in [-0.3, -0.25) is 0 Å². The molecule has 3 nitrogen and oxygen atoms in total. The van der Waals surface area contributed by atoms with Crippen LogP contribution in [-0.4, -0.2) is 18.0 Å². The third-order valence-corrected chi connectivity index (χ3v) is 3.94. The van der Waals surface area contributed by atoms with Crippen molar-refractivity contribution in [2.75, 3.05) is 7.11 Å². The van der Waals surface area contributed by atoms with E-state index in [0.717, 1.165) is 27.6 Å². The second-order valence-corrected chi connectivity index (χ2v) is 5.73. The van der Waals surface area contributed by atoms with Crippen LogP contribution in [-0.2, 0) is 0 Å². The van der Waals surface area contributed by atoms with E-state index in [1.54, 1.807) is 7.11 Å². The first kappa shape index (κ1) is 15.4. The van der Waals surface area contributed by atoms with Gasteiger partial charge in [-0.05, 0) is 36.8 Å². The van der Waals surface area contributed by atoms with Crippen molar-refractivity contribution < 1.29 is 4.74 Å². The Kier molecular flexibility index (Phi) is 4.53. The standard InChI is InChI=1S/C19H18N2OS/c1-14-6-8-15(9-7-14)13-20-21-18(10-11-19(21)23)16-4-3-5-17(12-16)22-2/h3-13,23H,1-2H3/b20-13+. The van der Waals surface area contributed by atoms with Gasteiger partial charge in [0.05, 0.1) is 24.0 Å². The van der Waals surface area contributed by atoms with E-state index in [1.165, 1.54) is 5.56 Å². The predicted molar refractivity (Wildman–Crippen MR) is 97.8 cm³/mol. The van der Waals surface area contributed by atoms with E-state index in [0.29, 0.717) is 0 Å². The summed E-state index contributed by atoms with van der Waals surface area (Å²) in [7, 11) is 1.66. The van der Waals surface area contributed by atoms with Gasteiger partial charge in [0.25, 0.3) is 0 Å². The molecule has 0 aliphatic heterocycles. The Morgan fingerprint density at radius 3 is 2.57 bits per heavy atom. The van der Waals surface area contributed by atoms with Crippen LogP contribution in [0.1, 0.15) is 11.1 Å². The first-order chi connectivity index (χ1) is 11.2. The number of nitrogens with zero attached hydrogens (tertiary/aromatic N) is 2. The normalized spacial score (nSPS) is 11.1. The monoisotopic (exact) mass is 322 g/mol. The molecule has 23 heavy (non-hydrogen) atoms. The molecule has 0 unspecified atom stereocenters.